The predicted molar refractivity (Wildman–Crippen MR) is 86.0 cm³/mol. The van der Waals surface area contributed by atoms with Crippen LogP contribution in [0.4, 0.5) is 0 Å². The summed E-state index contributed by atoms with van der Waals surface area (Å²) in [4.78, 5) is 0. The van der Waals surface area contributed by atoms with E-state index in [0.29, 0.717) is 20.9 Å². The van der Waals surface area contributed by atoms with Gasteiger partial charge in [-0.2, -0.15) is 0 Å². The zero-order valence-corrected chi connectivity index (χ0v) is 15.0. The van der Waals surface area contributed by atoms with Crippen molar-refractivity contribution in [3.8, 4) is 0 Å². The van der Waals surface area contributed by atoms with E-state index >= 15 is 0 Å². The van der Waals surface area contributed by atoms with Gasteiger partial charge in [-0.1, -0.05) is 0 Å². The summed E-state index contributed by atoms with van der Waals surface area (Å²) in [5.74, 6) is 0.457. The molecule has 94 valence electrons. The minimum absolute atomic E-state index is 0.0807. The third-order valence-corrected chi connectivity index (χ3v) is 11.1. The first kappa shape index (κ1) is 14.5. The Balaban J connectivity index is 2.05. The fourth-order valence-electron chi connectivity index (χ4n) is 1.99. The second kappa shape index (κ2) is 5.58. The van der Waals surface area contributed by atoms with Crippen molar-refractivity contribution in [2.24, 2.45) is 5.92 Å². The normalized spacial score (nSPS) is 30.2. The number of alkyl halides is 3. The van der Waals surface area contributed by atoms with Crippen molar-refractivity contribution in [2.75, 3.05) is 0 Å². The van der Waals surface area contributed by atoms with E-state index in [9.17, 15) is 0 Å². The van der Waals surface area contributed by atoms with Crippen molar-refractivity contribution in [2.45, 2.75) is 32.8 Å². The van der Waals surface area contributed by atoms with Crippen molar-refractivity contribution >= 4 is 65.2 Å². The molecule has 0 saturated heterocycles. The molecule has 17 heavy (non-hydrogen) atoms. The van der Waals surface area contributed by atoms with E-state index in [1.165, 1.54) is 17.3 Å². The first-order valence-corrected chi connectivity index (χ1v) is 9.38. The number of benzene rings is 1. The van der Waals surface area contributed by atoms with Crippen LogP contribution in [0.1, 0.15) is 26.2 Å². The van der Waals surface area contributed by atoms with Gasteiger partial charge < -0.3 is 0 Å². The van der Waals surface area contributed by atoms with E-state index in [1.54, 1.807) is 0 Å². The molecule has 0 spiro atoms. The topological polar surface area (TPSA) is 0 Å². The van der Waals surface area contributed by atoms with Gasteiger partial charge in [0.25, 0.3) is 0 Å². The molecule has 1 aromatic rings. The zero-order chi connectivity index (χ0) is 12.5. The number of rotatable bonds is 5. The molecule has 1 fully saturated rings. The van der Waals surface area contributed by atoms with Crippen LogP contribution in [0.2, 0.25) is 0 Å². The van der Waals surface area contributed by atoms with Crippen molar-refractivity contribution in [3.63, 3.8) is 0 Å². The van der Waals surface area contributed by atoms with Gasteiger partial charge >= 0.3 is 134 Å². The third kappa shape index (κ3) is 2.81. The standard InChI is InChI=1S/C13H15Cl2ISe/c1-2-3-9-11-12(14,15)13(11,16)17-10-7-5-4-6-8-10/h4-8,11H,2-3,9H2,1H3. The van der Waals surface area contributed by atoms with Gasteiger partial charge in [0.15, 0.2) is 0 Å². The molecule has 1 aliphatic rings. The summed E-state index contributed by atoms with van der Waals surface area (Å²) < 4.78 is 0.953. The van der Waals surface area contributed by atoms with Crippen LogP contribution >= 0.6 is 45.8 Å². The fraction of sp³-hybridized carbons (Fsp3) is 0.538. The molecule has 0 aliphatic heterocycles. The molecule has 2 unspecified atom stereocenters. The monoisotopic (exact) mass is 448 g/mol. The van der Waals surface area contributed by atoms with Crippen LogP contribution in [-0.4, -0.2) is 21.6 Å². The molecule has 0 N–H and O–H groups in total. The van der Waals surface area contributed by atoms with Gasteiger partial charge in [-0.25, -0.2) is 0 Å². The molecule has 0 nitrogen and oxygen atoms in total. The Morgan fingerprint density at radius 1 is 1.29 bits per heavy atom. The van der Waals surface area contributed by atoms with Gasteiger partial charge in [0.1, 0.15) is 0 Å². The van der Waals surface area contributed by atoms with Crippen LogP contribution in [0.3, 0.4) is 0 Å². The summed E-state index contributed by atoms with van der Waals surface area (Å²) in [6.45, 7) is 2.21. The summed E-state index contributed by atoms with van der Waals surface area (Å²) in [7, 11) is 0. The average Bonchev–Trinajstić information content (AvgIpc) is 2.70. The van der Waals surface area contributed by atoms with E-state index in [1.807, 2.05) is 0 Å². The molecule has 1 saturated carbocycles. The molecule has 0 aromatic heterocycles. The molecular formula is C13H15Cl2ISe. The summed E-state index contributed by atoms with van der Waals surface area (Å²) >= 11 is 15.8. The molecule has 1 aliphatic carbocycles. The summed E-state index contributed by atoms with van der Waals surface area (Å²) in [6, 6.07) is 10.6. The van der Waals surface area contributed by atoms with Crippen LogP contribution in [-0.2, 0) is 0 Å². The van der Waals surface area contributed by atoms with Gasteiger partial charge in [-0.3, -0.25) is 0 Å². The second-order valence-electron chi connectivity index (χ2n) is 4.38. The van der Waals surface area contributed by atoms with Crippen molar-refractivity contribution in [3.05, 3.63) is 30.3 Å². The number of halogens is 3. The van der Waals surface area contributed by atoms with E-state index < -0.39 is 4.33 Å². The Hall–Kier alpha value is 1.05. The second-order valence-corrected chi connectivity index (χ2v) is 11.9. The Morgan fingerprint density at radius 3 is 2.53 bits per heavy atom. The van der Waals surface area contributed by atoms with Crippen molar-refractivity contribution < 1.29 is 0 Å². The van der Waals surface area contributed by atoms with E-state index in [2.05, 4.69) is 59.8 Å². The van der Waals surface area contributed by atoms with Gasteiger partial charge in [0.2, 0.25) is 0 Å². The summed E-state index contributed by atoms with van der Waals surface area (Å²) in [5.41, 5.74) is 0. The Kier molecular flexibility index (Phi) is 4.75. The molecule has 2 rings (SSSR count). The summed E-state index contributed by atoms with van der Waals surface area (Å²) in [5, 5.41) is 0. The van der Waals surface area contributed by atoms with Gasteiger partial charge in [0, 0.05) is 0 Å². The van der Waals surface area contributed by atoms with Gasteiger partial charge in [0.05, 0.1) is 0 Å². The Labute approximate surface area is 133 Å². The van der Waals surface area contributed by atoms with Crippen LogP contribution in [0.5, 0.6) is 0 Å². The minimum atomic E-state index is -0.515. The first-order chi connectivity index (χ1) is 8.02. The van der Waals surface area contributed by atoms with Crippen LogP contribution in [0.15, 0.2) is 30.3 Å². The van der Waals surface area contributed by atoms with Gasteiger partial charge in [-0.15, -0.1) is 0 Å². The third-order valence-electron chi connectivity index (χ3n) is 3.11. The molecule has 0 radical (unpaired) electrons. The maximum absolute atomic E-state index is 6.47. The van der Waals surface area contributed by atoms with E-state index in [0.717, 1.165) is 6.42 Å². The summed E-state index contributed by atoms with van der Waals surface area (Å²) in [6.07, 6.45) is 3.59. The van der Waals surface area contributed by atoms with Crippen LogP contribution in [0.25, 0.3) is 0 Å². The van der Waals surface area contributed by atoms with Crippen LogP contribution in [0, 0.1) is 5.92 Å². The number of hydrogen-bond donors (Lipinski definition) is 0. The van der Waals surface area contributed by atoms with Crippen LogP contribution < -0.4 is 4.46 Å². The first-order valence-electron chi connectivity index (χ1n) is 5.83. The van der Waals surface area contributed by atoms with Crippen molar-refractivity contribution in [1.82, 2.24) is 0 Å². The predicted octanol–water partition coefficient (Wildman–Crippen LogP) is 4.14. The Bertz CT molecular complexity index is 382. The SMILES string of the molecule is CCCCC1C(Cl)(Cl)C1(I)[Se]c1ccccc1. The molecule has 2 atom stereocenters. The quantitative estimate of drug-likeness (QED) is 0.361. The van der Waals surface area contributed by atoms with E-state index in [-0.39, 0.29) is 2.32 Å². The maximum atomic E-state index is 6.47. The molecule has 4 heteroatoms. The molecule has 0 bridgehead atoms. The Morgan fingerprint density at radius 2 is 1.94 bits per heavy atom. The average molecular weight is 448 g/mol. The van der Waals surface area contributed by atoms with Gasteiger partial charge in [-0.05, 0) is 0 Å². The van der Waals surface area contributed by atoms with Crippen molar-refractivity contribution in [1.29, 1.82) is 0 Å². The molecule has 1 aromatic carbocycles. The number of unbranched alkanes of at least 4 members (excludes halogenated alkanes) is 1. The zero-order valence-electron chi connectivity index (χ0n) is 9.63. The molecule has 0 heterocycles. The fourth-order valence-corrected chi connectivity index (χ4v) is 8.78. The van der Waals surface area contributed by atoms with E-state index in [4.69, 9.17) is 23.2 Å². The molecule has 0 amide bonds. The number of hydrogen-bond acceptors (Lipinski definition) is 0. The molecular weight excluding hydrogens is 433 g/mol.